The van der Waals surface area contributed by atoms with Gasteiger partial charge in [-0.05, 0) is 5.56 Å². The minimum absolute atomic E-state index is 0.156. The van der Waals surface area contributed by atoms with Crippen LogP contribution in [0.15, 0.2) is 42.7 Å². The summed E-state index contributed by atoms with van der Waals surface area (Å²) in [5.74, 6) is 0. The highest BCUT2D eigenvalue weighted by Gasteiger charge is 2.10. The van der Waals surface area contributed by atoms with Crippen LogP contribution in [0.3, 0.4) is 0 Å². The van der Waals surface area contributed by atoms with Crippen LogP contribution in [0, 0.1) is 0 Å². The maximum absolute atomic E-state index is 5.78. The van der Waals surface area contributed by atoms with Gasteiger partial charge in [0.2, 0.25) is 0 Å². The zero-order valence-electron chi connectivity index (χ0n) is 10.0. The van der Waals surface area contributed by atoms with Crippen LogP contribution in [0.5, 0.6) is 0 Å². The van der Waals surface area contributed by atoms with Gasteiger partial charge in [0.1, 0.15) is 0 Å². The standard InChI is InChI=1S/C13H18N4/c1-17-10-12(9-16-17)13(7-14)15-8-11-5-3-2-4-6-11/h2-6,9-10,13,15H,7-8,14H2,1H3. The van der Waals surface area contributed by atoms with Gasteiger partial charge in [-0.15, -0.1) is 0 Å². The number of aromatic nitrogens is 2. The van der Waals surface area contributed by atoms with E-state index in [1.807, 2.05) is 37.6 Å². The van der Waals surface area contributed by atoms with Crippen molar-refractivity contribution in [1.82, 2.24) is 15.1 Å². The van der Waals surface area contributed by atoms with Gasteiger partial charge >= 0.3 is 0 Å². The molecule has 0 spiro atoms. The summed E-state index contributed by atoms with van der Waals surface area (Å²) >= 11 is 0. The number of hydrogen-bond donors (Lipinski definition) is 2. The van der Waals surface area contributed by atoms with Gasteiger partial charge in [0, 0.05) is 37.9 Å². The van der Waals surface area contributed by atoms with Crippen LogP contribution in [-0.2, 0) is 13.6 Å². The first-order valence-corrected chi connectivity index (χ1v) is 5.75. The van der Waals surface area contributed by atoms with Gasteiger partial charge < -0.3 is 11.1 Å². The first kappa shape index (κ1) is 11.8. The Kier molecular flexibility index (Phi) is 3.90. The summed E-state index contributed by atoms with van der Waals surface area (Å²) < 4.78 is 1.79. The molecule has 3 N–H and O–H groups in total. The highest BCUT2D eigenvalue weighted by atomic mass is 15.2. The Hall–Kier alpha value is -1.65. The average Bonchev–Trinajstić information content (AvgIpc) is 2.78. The lowest BCUT2D eigenvalue weighted by Crippen LogP contribution is -2.27. The third-order valence-electron chi connectivity index (χ3n) is 2.76. The van der Waals surface area contributed by atoms with Crippen molar-refractivity contribution < 1.29 is 0 Å². The second kappa shape index (κ2) is 5.61. The zero-order chi connectivity index (χ0) is 12.1. The maximum atomic E-state index is 5.78. The molecular formula is C13H18N4. The van der Waals surface area contributed by atoms with Crippen molar-refractivity contribution in [3.8, 4) is 0 Å². The summed E-state index contributed by atoms with van der Waals surface area (Å²) in [5.41, 5.74) is 8.17. The third kappa shape index (κ3) is 3.15. The normalized spacial score (nSPS) is 12.6. The summed E-state index contributed by atoms with van der Waals surface area (Å²) in [6.45, 7) is 1.39. The number of hydrogen-bond acceptors (Lipinski definition) is 3. The molecule has 4 heteroatoms. The molecule has 17 heavy (non-hydrogen) atoms. The molecule has 0 aliphatic carbocycles. The van der Waals surface area contributed by atoms with Crippen LogP contribution in [0.25, 0.3) is 0 Å². The largest absolute Gasteiger partial charge is 0.329 e. The molecule has 0 fully saturated rings. The van der Waals surface area contributed by atoms with Gasteiger partial charge in [-0.2, -0.15) is 5.10 Å². The van der Waals surface area contributed by atoms with Gasteiger partial charge in [-0.3, -0.25) is 4.68 Å². The SMILES string of the molecule is Cn1cc(C(CN)NCc2ccccc2)cn1. The highest BCUT2D eigenvalue weighted by Crippen LogP contribution is 2.11. The smallest absolute Gasteiger partial charge is 0.0538 e. The van der Waals surface area contributed by atoms with Crippen LogP contribution in [0.2, 0.25) is 0 Å². The van der Waals surface area contributed by atoms with E-state index in [0.29, 0.717) is 6.54 Å². The van der Waals surface area contributed by atoms with Crippen molar-refractivity contribution in [2.75, 3.05) is 6.54 Å². The number of aryl methyl sites for hydroxylation is 1. The van der Waals surface area contributed by atoms with E-state index in [1.54, 1.807) is 4.68 Å². The Morgan fingerprint density at radius 3 is 2.71 bits per heavy atom. The second-order valence-corrected chi connectivity index (χ2v) is 4.10. The Morgan fingerprint density at radius 1 is 1.35 bits per heavy atom. The Balaban J connectivity index is 1.97. The molecule has 0 saturated heterocycles. The Bertz CT molecular complexity index is 449. The van der Waals surface area contributed by atoms with Crippen LogP contribution in [-0.4, -0.2) is 16.3 Å². The van der Waals surface area contributed by atoms with Crippen molar-refractivity contribution in [2.24, 2.45) is 12.8 Å². The zero-order valence-corrected chi connectivity index (χ0v) is 10.0. The number of nitrogens with two attached hydrogens (primary N) is 1. The fraction of sp³-hybridized carbons (Fsp3) is 0.308. The average molecular weight is 230 g/mol. The van der Waals surface area contributed by atoms with Crippen molar-refractivity contribution in [3.05, 3.63) is 53.9 Å². The summed E-state index contributed by atoms with van der Waals surface area (Å²) in [5, 5.41) is 7.60. The summed E-state index contributed by atoms with van der Waals surface area (Å²) in [6, 6.07) is 10.5. The van der Waals surface area contributed by atoms with E-state index < -0.39 is 0 Å². The number of rotatable bonds is 5. The molecule has 2 rings (SSSR count). The maximum Gasteiger partial charge on any atom is 0.0538 e. The molecule has 0 saturated carbocycles. The summed E-state index contributed by atoms with van der Waals surface area (Å²) in [4.78, 5) is 0. The Morgan fingerprint density at radius 2 is 2.12 bits per heavy atom. The fourth-order valence-electron chi connectivity index (χ4n) is 1.79. The molecule has 4 nitrogen and oxygen atoms in total. The first-order chi connectivity index (χ1) is 8.29. The Labute approximate surface area is 101 Å². The van der Waals surface area contributed by atoms with Gasteiger partial charge in [-0.25, -0.2) is 0 Å². The topological polar surface area (TPSA) is 55.9 Å². The molecule has 0 aliphatic rings. The molecule has 0 bridgehead atoms. The molecule has 1 heterocycles. The molecule has 2 aromatic rings. The van der Waals surface area contributed by atoms with Crippen LogP contribution in [0.4, 0.5) is 0 Å². The first-order valence-electron chi connectivity index (χ1n) is 5.75. The molecule has 0 radical (unpaired) electrons. The van der Waals surface area contributed by atoms with Gasteiger partial charge in [-0.1, -0.05) is 30.3 Å². The molecule has 0 aliphatic heterocycles. The van der Waals surface area contributed by atoms with Crippen LogP contribution < -0.4 is 11.1 Å². The van der Waals surface area contributed by atoms with Crippen LogP contribution >= 0.6 is 0 Å². The highest BCUT2D eigenvalue weighted by molar-refractivity contribution is 5.16. The van der Waals surface area contributed by atoms with E-state index in [1.165, 1.54) is 5.56 Å². The second-order valence-electron chi connectivity index (χ2n) is 4.10. The van der Waals surface area contributed by atoms with Crippen molar-refractivity contribution in [2.45, 2.75) is 12.6 Å². The monoisotopic (exact) mass is 230 g/mol. The van der Waals surface area contributed by atoms with Crippen molar-refractivity contribution >= 4 is 0 Å². The third-order valence-corrected chi connectivity index (χ3v) is 2.76. The molecule has 1 aromatic heterocycles. The lowest BCUT2D eigenvalue weighted by Gasteiger charge is -2.15. The minimum Gasteiger partial charge on any atom is -0.329 e. The van der Waals surface area contributed by atoms with Gasteiger partial charge in [0.15, 0.2) is 0 Å². The predicted molar refractivity (Wildman–Crippen MR) is 68.3 cm³/mol. The van der Waals surface area contributed by atoms with E-state index in [9.17, 15) is 0 Å². The molecule has 0 amide bonds. The van der Waals surface area contributed by atoms with Crippen LogP contribution in [0.1, 0.15) is 17.2 Å². The minimum atomic E-state index is 0.156. The lowest BCUT2D eigenvalue weighted by atomic mass is 10.1. The van der Waals surface area contributed by atoms with Gasteiger partial charge in [0.05, 0.1) is 6.20 Å². The number of nitrogens with zero attached hydrogens (tertiary/aromatic N) is 2. The fourth-order valence-corrected chi connectivity index (χ4v) is 1.79. The molecular weight excluding hydrogens is 212 g/mol. The molecule has 1 atom stereocenters. The summed E-state index contributed by atoms with van der Waals surface area (Å²) in [7, 11) is 1.91. The number of benzene rings is 1. The van der Waals surface area contributed by atoms with E-state index >= 15 is 0 Å². The molecule has 1 aromatic carbocycles. The summed E-state index contributed by atoms with van der Waals surface area (Å²) in [6.07, 6.45) is 3.85. The van der Waals surface area contributed by atoms with E-state index in [2.05, 4.69) is 22.5 Å². The number of nitrogens with one attached hydrogen (secondary N) is 1. The van der Waals surface area contributed by atoms with Gasteiger partial charge in [0.25, 0.3) is 0 Å². The van der Waals surface area contributed by atoms with Crippen molar-refractivity contribution in [1.29, 1.82) is 0 Å². The van der Waals surface area contributed by atoms with Crippen molar-refractivity contribution in [3.63, 3.8) is 0 Å². The van der Waals surface area contributed by atoms with E-state index in [0.717, 1.165) is 12.1 Å². The van der Waals surface area contributed by atoms with E-state index in [-0.39, 0.29) is 6.04 Å². The predicted octanol–water partition coefficient (Wildman–Crippen LogP) is 1.21. The van der Waals surface area contributed by atoms with E-state index in [4.69, 9.17) is 5.73 Å². The molecule has 90 valence electrons. The quantitative estimate of drug-likeness (QED) is 0.811. The lowest BCUT2D eigenvalue weighted by molar-refractivity contribution is 0.541. The molecule has 1 unspecified atom stereocenters.